The van der Waals surface area contributed by atoms with Crippen LogP contribution in [0.1, 0.15) is 46.5 Å². The average Bonchev–Trinajstić information content (AvgIpc) is 2.10. The van der Waals surface area contributed by atoms with Crippen LogP contribution in [0.2, 0.25) is 0 Å². The molecule has 2 heteroatoms. The number of rotatable bonds is 8. The Morgan fingerprint density at radius 3 is 2.38 bits per heavy atom. The third-order valence-corrected chi connectivity index (χ3v) is 2.00. The van der Waals surface area contributed by atoms with Gasteiger partial charge in [-0.25, -0.2) is 0 Å². The zero-order chi connectivity index (χ0) is 10.1. The normalized spacial score (nSPS) is 13.6. The van der Waals surface area contributed by atoms with E-state index in [0.29, 0.717) is 5.92 Å². The van der Waals surface area contributed by atoms with E-state index in [9.17, 15) is 0 Å². The quantitative estimate of drug-likeness (QED) is 0.593. The van der Waals surface area contributed by atoms with Gasteiger partial charge in [0.05, 0.1) is 12.7 Å². The Morgan fingerprint density at radius 2 is 1.92 bits per heavy atom. The fourth-order valence-corrected chi connectivity index (χ4v) is 1.18. The molecule has 0 aromatic heterocycles. The molecule has 0 radical (unpaired) electrons. The van der Waals surface area contributed by atoms with Crippen LogP contribution in [0.3, 0.4) is 0 Å². The molecule has 80 valence electrons. The van der Waals surface area contributed by atoms with Crippen molar-refractivity contribution in [3.8, 4) is 0 Å². The fraction of sp³-hybridized carbons (Fsp3) is 1.00. The molecule has 0 saturated heterocycles. The van der Waals surface area contributed by atoms with Crippen LogP contribution >= 0.6 is 0 Å². The number of aliphatic hydroxyl groups excluding tert-OH is 1. The SMILES string of the molecule is CCCCCC(CO)OCC(C)C. The summed E-state index contributed by atoms with van der Waals surface area (Å²) in [6, 6.07) is 0. The third-order valence-electron chi connectivity index (χ3n) is 2.00. The minimum absolute atomic E-state index is 0.0638. The van der Waals surface area contributed by atoms with E-state index in [1.807, 2.05) is 0 Å². The van der Waals surface area contributed by atoms with E-state index >= 15 is 0 Å². The first-order valence-electron chi connectivity index (χ1n) is 5.43. The van der Waals surface area contributed by atoms with Gasteiger partial charge in [-0.1, -0.05) is 40.0 Å². The molecule has 0 aliphatic heterocycles. The van der Waals surface area contributed by atoms with E-state index in [0.717, 1.165) is 13.0 Å². The molecular weight excluding hydrogens is 164 g/mol. The molecule has 0 spiro atoms. The molecule has 0 aliphatic rings. The number of aliphatic hydroxyl groups is 1. The Hall–Kier alpha value is -0.0800. The standard InChI is InChI=1S/C11H24O2/c1-4-5-6-7-11(8-12)13-9-10(2)3/h10-12H,4-9H2,1-3H3. The van der Waals surface area contributed by atoms with Crippen molar-refractivity contribution < 1.29 is 9.84 Å². The zero-order valence-electron chi connectivity index (χ0n) is 9.25. The number of hydrogen-bond acceptors (Lipinski definition) is 2. The molecule has 1 N–H and O–H groups in total. The van der Waals surface area contributed by atoms with Gasteiger partial charge >= 0.3 is 0 Å². The average molecular weight is 188 g/mol. The maximum atomic E-state index is 9.01. The third kappa shape index (κ3) is 8.26. The molecule has 0 saturated carbocycles. The molecule has 2 nitrogen and oxygen atoms in total. The highest BCUT2D eigenvalue weighted by Gasteiger charge is 2.07. The molecule has 0 amide bonds. The summed E-state index contributed by atoms with van der Waals surface area (Å²) in [5.74, 6) is 0.556. The van der Waals surface area contributed by atoms with E-state index in [2.05, 4.69) is 20.8 Å². The second-order valence-corrected chi connectivity index (χ2v) is 4.03. The van der Waals surface area contributed by atoms with Gasteiger partial charge in [0.1, 0.15) is 0 Å². The Bertz CT molecular complexity index is 102. The summed E-state index contributed by atoms with van der Waals surface area (Å²) in [6.07, 6.45) is 4.69. The molecule has 0 aliphatic carbocycles. The van der Waals surface area contributed by atoms with Crippen molar-refractivity contribution in [1.82, 2.24) is 0 Å². The predicted molar refractivity (Wildman–Crippen MR) is 55.8 cm³/mol. The van der Waals surface area contributed by atoms with Crippen molar-refractivity contribution in [3.05, 3.63) is 0 Å². The van der Waals surface area contributed by atoms with Crippen LogP contribution in [0.25, 0.3) is 0 Å². The highest BCUT2D eigenvalue weighted by Crippen LogP contribution is 2.07. The van der Waals surface area contributed by atoms with Gasteiger partial charge in [-0.05, 0) is 12.3 Å². The highest BCUT2D eigenvalue weighted by atomic mass is 16.5. The van der Waals surface area contributed by atoms with Crippen molar-refractivity contribution in [2.24, 2.45) is 5.92 Å². The van der Waals surface area contributed by atoms with E-state index in [4.69, 9.17) is 9.84 Å². The molecule has 0 heterocycles. The number of unbranched alkanes of at least 4 members (excludes halogenated alkanes) is 2. The molecule has 1 atom stereocenters. The molecular formula is C11H24O2. The van der Waals surface area contributed by atoms with E-state index < -0.39 is 0 Å². The highest BCUT2D eigenvalue weighted by molar-refractivity contribution is 4.56. The van der Waals surface area contributed by atoms with Crippen LogP contribution < -0.4 is 0 Å². The van der Waals surface area contributed by atoms with Gasteiger partial charge < -0.3 is 9.84 Å². The minimum Gasteiger partial charge on any atom is -0.394 e. The Kier molecular flexibility index (Phi) is 8.46. The summed E-state index contributed by atoms with van der Waals surface area (Å²) < 4.78 is 5.55. The van der Waals surface area contributed by atoms with Gasteiger partial charge in [0.25, 0.3) is 0 Å². The first kappa shape index (κ1) is 12.9. The summed E-state index contributed by atoms with van der Waals surface area (Å²) in [5.41, 5.74) is 0. The first-order chi connectivity index (χ1) is 6.20. The lowest BCUT2D eigenvalue weighted by atomic mass is 10.1. The lowest BCUT2D eigenvalue weighted by Gasteiger charge is -2.16. The van der Waals surface area contributed by atoms with Gasteiger partial charge in [-0.2, -0.15) is 0 Å². The minimum atomic E-state index is 0.0638. The summed E-state index contributed by atoms with van der Waals surface area (Å²) in [7, 11) is 0. The van der Waals surface area contributed by atoms with Gasteiger partial charge in [0.15, 0.2) is 0 Å². The molecule has 0 fully saturated rings. The Labute approximate surface area is 82.3 Å². The van der Waals surface area contributed by atoms with Crippen molar-refractivity contribution in [2.45, 2.75) is 52.6 Å². The van der Waals surface area contributed by atoms with Crippen LogP contribution in [0.4, 0.5) is 0 Å². The van der Waals surface area contributed by atoms with Crippen LogP contribution in [-0.4, -0.2) is 24.4 Å². The summed E-state index contributed by atoms with van der Waals surface area (Å²) in [6.45, 7) is 7.36. The Morgan fingerprint density at radius 1 is 1.23 bits per heavy atom. The van der Waals surface area contributed by atoms with E-state index in [1.54, 1.807) is 0 Å². The van der Waals surface area contributed by atoms with Crippen molar-refractivity contribution >= 4 is 0 Å². The maximum Gasteiger partial charge on any atom is 0.0805 e. The van der Waals surface area contributed by atoms with E-state index in [1.165, 1.54) is 19.3 Å². The molecule has 0 bridgehead atoms. The van der Waals surface area contributed by atoms with Gasteiger partial charge in [0, 0.05) is 6.61 Å². The Balaban J connectivity index is 3.39. The molecule has 13 heavy (non-hydrogen) atoms. The lowest BCUT2D eigenvalue weighted by Crippen LogP contribution is -2.20. The van der Waals surface area contributed by atoms with Crippen molar-refractivity contribution in [3.63, 3.8) is 0 Å². The van der Waals surface area contributed by atoms with Crippen LogP contribution in [-0.2, 0) is 4.74 Å². The largest absolute Gasteiger partial charge is 0.394 e. The fourth-order valence-electron chi connectivity index (χ4n) is 1.18. The second-order valence-electron chi connectivity index (χ2n) is 4.03. The summed E-state index contributed by atoms with van der Waals surface area (Å²) in [5, 5.41) is 9.01. The van der Waals surface area contributed by atoms with Gasteiger partial charge in [0.2, 0.25) is 0 Å². The summed E-state index contributed by atoms with van der Waals surface area (Å²) in [4.78, 5) is 0. The molecule has 0 rings (SSSR count). The molecule has 1 unspecified atom stereocenters. The number of hydrogen-bond donors (Lipinski definition) is 1. The van der Waals surface area contributed by atoms with Gasteiger partial charge in [-0.3, -0.25) is 0 Å². The smallest absolute Gasteiger partial charge is 0.0805 e. The van der Waals surface area contributed by atoms with Crippen LogP contribution in [0, 0.1) is 5.92 Å². The van der Waals surface area contributed by atoms with Crippen molar-refractivity contribution in [2.75, 3.05) is 13.2 Å². The van der Waals surface area contributed by atoms with Crippen LogP contribution in [0.5, 0.6) is 0 Å². The van der Waals surface area contributed by atoms with Crippen LogP contribution in [0.15, 0.2) is 0 Å². The first-order valence-corrected chi connectivity index (χ1v) is 5.43. The second kappa shape index (κ2) is 8.52. The number of ether oxygens (including phenoxy) is 1. The predicted octanol–water partition coefficient (Wildman–Crippen LogP) is 2.60. The molecule has 0 aromatic rings. The molecule has 0 aromatic carbocycles. The topological polar surface area (TPSA) is 29.5 Å². The monoisotopic (exact) mass is 188 g/mol. The van der Waals surface area contributed by atoms with Gasteiger partial charge in [-0.15, -0.1) is 0 Å². The zero-order valence-corrected chi connectivity index (χ0v) is 9.25. The van der Waals surface area contributed by atoms with E-state index in [-0.39, 0.29) is 12.7 Å². The van der Waals surface area contributed by atoms with Crippen molar-refractivity contribution in [1.29, 1.82) is 0 Å². The summed E-state index contributed by atoms with van der Waals surface area (Å²) >= 11 is 0. The maximum absolute atomic E-state index is 9.01. The lowest BCUT2D eigenvalue weighted by molar-refractivity contribution is -0.00539.